The van der Waals surface area contributed by atoms with Gasteiger partial charge in [0, 0.05) is 11.5 Å². The lowest BCUT2D eigenvalue weighted by molar-refractivity contribution is 0.0856. The van der Waals surface area contributed by atoms with Crippen LogP contribution in [0.1, 0.15) is 29.3 Å². The maximum Gasteiger partial charge on any atom is 0.168 e. The summed E-state index contributed by atoms with van der Waals surface area (Å²) in [6, 6.07) is 7.48. The van der Waals surface area contributed by atoms with Gasteiger partial charge in [-0.05, 0) is 19.4 Å². The molecule has 0 aliphatic heterocycles. The number of benzene rings is 1. The Hall–Kier alpha value is -1.15. The molecule has 0 saturated carbocycles. The summed E-state index contributed by atoms with van der Waals surface area (Å²) in [7, 11) is 0. The number of aliphatic hydroxyl groups excluding tert-OH is 1. The predicted octanol–water partition coefficient (Wildman–Crippen LogP) is 2.20. The van der Waals surface area contributed by atoms with E-state index in [0.717, 1.165) is 5.56 Å². The summed E-state index contributed by atoms with van der Waals surface area (Å²) in [6.45, 7) is 3.80. The van der Waals surface area contributed by atoms with Gasteiger partial charge >= 0.3 is 0 Å². The van der Waals surface area contributed by atoms with Crippen molar-refractivity contribution in [1.29, 1.82) is 0 Å². The van der Waals surface area contributed by atoms with Crippen LogP contribution in [0, 0.1) is 12.8 Å². The third-order valence-corrected chi connectivity index (χ3v) is 2.39. The first-order valence-electron chi connectivity index (χ1n) is 4.90. The molecule has 0 fully saturated rings. The number of carbonyl (C=O) groups is 1. The molecule has 14 heavy (non-hydrogen) atoms. The van der Waals surface area contributed by atoms with Crippen molar-refractivity contribution in [2.75, 3.05) is 6.61 Å². The molecule has 0 bridgehead atoms. The van der Waals surface area contributed by atoms with Gasteiger partial charge in [-0.2, -0.15) is 0 Å². The van der Waals surface area contributed by atoms with Gasteiger partial charge in [0.1, 0.15) is 0 Å². The average molecular weight is 192 g/mol. The maximum atomic E-state index is 11.8. The van der Waals surface area contributed by atoms with Crippen LogP contribution in [-0.4, -0.2) is 17.5 Å². The minimum atomic E-state index is -0.253. The van der Waals surface area contributed by atoms with Crippen molar-refractivity contribution in [3.8, 4) is 0 Å². The highest BCUT2D eigenvalue weighted by atomic mass is 16.3. The van der Waals surface area contributed by atoms with E-state index < -0.39 is 0 Å². The van der Waals surface area contributed by atoms with Crippen molar-refractivity contribution < 1.29 is 9.90 Å². The number of hydrogen-bond donors (Lipinski definition) is 1. The molecule has 1 aromatic carbocycles. The van der Waals surface area contributed by atoms with Gasteiger partial charge in [0.2, 0.25) is 0 Å². The first-order valence-corrected chi connectivity index (χ1v) is 4.90. The SMILES string of the molecule is CCC(CO)C(=O)c1cccc(C)c1. The molecule has 1 unspecified atom stereocenters. The van der Waals surface area contributed by atoms with Crippen LogP contribution in [0.25, 0.3) is 0 Å². The second kappa shape index (κ2) is 4.91. The summed E-state index contributed by atoms with van der Waals surface area (Å²) in [5.74, 6) is -0.213. The van der Waals surface area contributed by atoms with E-state index in [0.29, 0.717) is 12.0 Å². The van der Waals surface area contributed by atoms with Crippen molar-refractivity contribution in [2.24, 2.45) is 5.92 Å². The number of ketones is 1. The Labute approximate surface area is 84.6 Å². The van der Waals surface area contributed by atoms with Gasteiger partial charge in [0.15, 0.2) is 5.78 Å². The number of carbonyl (C=O) groups excluding carboxylic acids is 1. The average Bonchev–Trinajstić information content (AvgIpc) is 2.19. The Kier molecular flexibility index (Phi) is 3.84. The highest BCUT2D eigenvalue weighted by molar-refractivity contribution is 5.98. The Morgan fingerprint density at radius 1 is 1.50 bits per heavy atom. The maximum absolute atomic E-state index is 11.8. The van der Waals surface area contributed by atoms with E-state index in [1.54, 1.807) is 6.07 Å². The van der Waals surface area contributed by atoms with Gasteiger partial charge in [-0.25, -0.2) is 0 Å². The molecule has 76 valence electrons. The second-order valence-corrected chi connectivity index (χ2v) is 3.52. The summed E-state index contributed by atoms with van der Waals surface area (Å²) >= 11 is 0. The standard InChI is InChI=1S/C12H16O2/c1-3-10(8-13)12(14)11-6-4-5-9(2)7-11/h4-7,10,13H,3,8H2,1-2H3. The van der Waals surface area contributed by atoms with Crippen LogP contribution in [-0.2, 0) is 0 Å². The Morgan fingerprint density at radius 2 is 2.21 bits per heavy atom. The zero-order valence-electron chi connectivity index (χ0n) is 8.66. The van der Waals surface area contributed by atoms with E-state index in [1.807, 2.05) is 32.0 Å². The number of aliphatic hydroxyl groups is 1. The van der Waals surface area contributed by atoms with E-state index in [9.17, 15) is 4.79 Å². The molecule has 0 aromatic heterocycles. The fourth-order valence-electron chi connectivity index (χ4n) is 1.43. The van der Waals surface area contributed by atoms with Gasteiger partial charge in [0.25, 0.3) is 0 Å². The summed E-state index contributed by atoms with van der Waals surface area (Å²) in [5.41, 5.74) is 1.77. The molecule has 1 aromatic rings. The van der Waals surface area contributed by atoms with E-state index in [2.05, 4.69) is 0 Å². The zero-order chi connectivity index (χ0) is 10.6. The van der Waals surface area contributed by atoms with Gasteiger partial charge < -0.3 is 5.11 Å². The molecule has 0 aliphatic carbocycles. The van der Waals surface area contributed by atoms with E-state index >= 15 is 0 Å². The smallest absolute Gasteiger partial charge is 0.168 e. The van der Waals surface area contributed by atoms with Crippen molar-refractivity contribution in [1.82, 2.24) is 0 Å². The summed E-state index contributed by atoms with van der Waals surface area (Å²) in [4.78, 5) is 11.8. The van der Waals surface area contributed by atoms with Crippen LogP contribution < -0.4 is 0 Å². The van der Waals surface area contributed by atoms with Crippen molar-refractivity contribution >= 4 is 5.78 Å². The van der Waals surface area contributed by atoms with Crippen LogP contribution in [0.5, 0.6) is 0 Å². The van der Waals surface area contributed by atoms with Crippen molar-refractivity contribution in [3.63, 3.8) is 0 Å². The predicted molar refractivity (Wildman–Crippen MR) is 56.4 cm³/mol. The van der Waals surface area contributed by atoms with Gasteiger partial charge in [-0.15, -0.1) is 0 Å². The summed E-state index contributed by atoms with van der Waals surface area (Å²) in [6.07, 6.45) is 0.684. The first kappa shape index (κ1) is 10.9. The molecule has 0 radical (unpaired) electrons. The molecule has 0 aliphatic rings. The number of aryl methyl sites for hydroxylation is 1. The van der Waals surface area contributed by atoms with E-state index in [1.165, 1.54) is 0 Å². The fourth-order valence-corrected chi connectivity index (χ4v) is 1.43. The lowest BCUT2D eigenvalue weighted by atomic mass is 9.95. The minimum absolute atomic E-state index is 0.0405. The highest BCUT2D eigenvalue weighted by Crippen LogP contribution is 2.13. The Morgan fingerprint density at radius 3 is 2.71 bits per heavy atom. The second-order valence-electron chi connectivity index (χ2n) is 3.52. The molecule has 2 nitrogen and oxygen atoms in total. The van der Waals surface area contributed by atoms with E-state index in [4.69, 9.17) is 5.11 Å². The molecule has 0 heterocycles. The summed E-state index contributed by atoms with van der Waals surface area (Å²) in [5, 5.41) is 9.01. The Balaban J connectivity index is 2.88. The molecular formula is C12H16O2. The number of hydrogen-bond acceptors (Lipinski definition) is 2. The summed E-state index contributed by atoms with van der Waals surface area (Å²) < 4.78 is 0. The van der Waals surface area contributed by atoms with Crippen LogP contribution in [0.15, 0.2) is 24.3 Å². The molecule has 2 heteroatoms. The lowest BCUT2D eigenvalue weighted by Gasteiger charge is -2.10. The molecular weight excluding hydrogens is 176 g/mol. The van der Waals surface area contributed by atoms with Gasteiger partial charge in [-0.3, -0.25) is 4.79 Å². The quantitative estimate of drug-likeness (QED) is 0.742. The largest absolute Gasteiger partial charge is 0.396 e. The van der Waals surface area contributed by atoms with Crippen LogP contribution >= 0.6 is 0 Å². The van der Waals surface area contributed by atoms with Crippen LogP contribution in [0.4, 0.5) is 0 Å². The molecule has 1 rings (SSSR count). The topological polar surface area (TPSA) is 37.3 Å². The molecule has 0 amide bonds. The monoisotopic (exact) mass is 192 g/mol. The first-order chi connectivity index (χ1) is 6.69. The minimum Gasteiger partial charge on any atom is -0.396 e. The molecule has 1 atom stereocenters. The van der Waals surface area contributed by atoms with Crippen molar-refractivity contribution in [2.45, 2.75) is 20.3 Å². The van der Waals surface area contributed by atoms with Crippen LogP contribution in [0.3, 0.4) is 0 Å². The van der Waals surface area contributed by atoms with Gasteiger partial charge in [0.05, 0.1) is 6.61 Å². The molecule has 0 saturated heterocycles. The molecule has 0 spiro atoms. The normalized spacial score (nSPS) is 12.5. The third-order valence-electron chi connectivity index (χ3n) is 2.39. The number of Topliss-reactive ketones (excluding diaryl/α,β-unsaturated/α-hetero) is 1. The molecule has 1 N–H and O–H groups in total. The Bertz CT molecular complexity index is 314. The highest BCUT2D eigenvalue weighted by Gasteiger charge is 2.16. The lowest BCUT2D eigenvalue weighted by Crippen LogP contribution is -2.17. The van der Waals surface area contributed by atoms with Gasteiger partial charge in [-0.1, -0.05) is 30.7 Å². The van der Waals surface area contributed by atoms with Crippen molar-refractivity contribution in [3.05, 3.63) is 35.4 Å². The van der Waals surface area contributed by atoms with E-state index in [-0.39, 0.29) is 18.3 Å². The third kappa shape index (κ3) is 2.42. The number of rotatable bonds is 4. The fraction of sp³-hybridized carbons (Fsp3) is 0.417. The van der Waals surface area contributed by atoms with Crippen LogP contribution in [0.2, 0.25) is 0 Å². The zero-order valence-corrected chi connectivity index (χ0v) is 8.66.